The van der Waals surface area contributed by atoms with Crippen molar-refractivity contribution < 1.29 is 57.1 Å². The molecule has 16 heteroatoms. The van der Waals surface area contributed by atoms with Crippen LogP contribution in [0, 0.1) is 0 Å². The number of benzene rings is 2. The van der Waals surface area contributed by atoms with Crippen molar-refractivity contribution in [3.05, 3.63) is 54.1 Å². The molecule has 0 aliphatic rings. The number of anilines is 1. The van der Waals surface area contributed by atoms with E-state index in [4.69, 9.17) is 0 Å². The number of hydrogen-bond acceptors (Lipinski definition) is 3. The summed E-state index contributed by atoms with van der Waals surface area (Å²) in [5.74, 6) is -37.3. The fraction of sp³-hybridized carbons (Fsp3) is 0.400. The minimum absolute atomic E-state index is 0.0214. The van der Waals surface area contributed by atoms with E-state index < -0.39 is 41.4 Å². The van der Waals surface area contributed by atoms with Crippen molar-refractivity contribution in [3.8, 4) is 0 Å². The Bertz CT molecular complexity index is 1070. The van der Waals surface area contributed by atoms with E-state index in [0.29, 0.717) is 12.1 Å². The Balaban J connectivity index is 2.36. The molecule has 3 nitrogen and oxygen atoms in total. The highest BCUT2D eigenvalue weighted by Crippen LogP contribution is 2.62. The van der Waals surface area contributed by atoms with Gasteiger partial charge in [-0.2, -0.15) is 67.3 Å². The van der Waals surface area contributed by atoms with Crippen molar-refractivity contribution in [2.45, 2.75) is 35.8 Å². The summed E-state index contributed by atoms with van der Waals surface area (Å²) < 4.78 is 172. The molecule has 0 saturated heterocycles. The van der Waals surface area contributed by atoms with E-state index in [1.54, 1.807) is 31.1 Å². The zero-order valence-electron chi connectivity index (χ0n) is 17.9. The van der Waals surface area contributed by atoms with Gasteiger partial charge >= 0.3 is 35.8 Å². The fourth-order valence-corrected chi connectivity index (χ4v) is 2.62. The van der Waals surface area contributed by atoms with E-state index in [-0.39, 0.29) is 23.5 Å². The third kappa shape index (κ3) is 4.68. The predicted octanol–water partition coefficient (Wildman–Crippen LogP) is 8.36. The van der Waals surface area contributed by atoms with Crippen molar-refractivity contribution in [2.24, 2.45) is 10.2 Å². The number of alkyl halides is 13. The van der Waals surface area contributed by atoms with Gasteiger partial charge in [0, 0.05) is 25.3 Å². The van der Waals surface area contributed by atoms with Crippen LogP contribution < -0.4 is 4.90 Å². The Morgan fingerprint density at radius 2 is 0.861 bits per heavy atom. The standard InChI is InChI=1S/C20H14F13N3/c1-36(2)14-9-7-13(8-10-14)35-34-12-5-3-11(4-6-12)15(21,22)16(23,24)17(25,26)18(27,28)19(29,30)20(31,32)33/h3-10H,1-2H3. The molecule has 0 spiro atoms. The zero-order valence-corrected chi connectivity index (χ0v) is 17.9. The van der Waals surface area contributed by atoms with Crippen molar-refractivity contribution in [2.75, 3.05) is 19.0 Å². The molecule has 0 bridgehead atoms. The van der Waals surface area contributed by atoms with Gasteiger partial charge in [0.1, 0.15) is 0 Å². The summed E-state index contributed by atoms with van der Waals surface area (Å²) in [6.07, 6.45) is -7.45. The molecule has 0 amide bonds. The zero-order chi connectivity index (χ0) is 28.0. The first kappa shape index (κ1) is 29.2. The van der Waals surface area contributed by atoms with Crippen LogP contribution in [-0.4, -0.2) is 44.0 Å². The van der Waals surface area contributed by atoms with Gasteiger partial charge in [0.15, 0.2) is 0 Å². The number of nitrogens with zero attached hydrogens (tertiary/aromatic N) is 3. The number of azo groups is 1. The third-order valence-electron chi connectivity index (χ3n) is 4.81. The van der Waals surface area contributed by atoms with Crippen LogP contribution in [-0.2, 0) is 5.92 Å². The van der Waals surface area contributed by atoms with Crippen LogP contribution in [0.25, 0.3) is 0 Å². The van der Waals surface area contributed by atoms with Crippen LogP contribution in [0.3, 0.4) is 0 Å². The maximum Gasteiger partial charge on any atom is 0.460 e. The maximum absolute atomic E-state index is 14.2. The first-order chi connectivity index (χ1) is 16.1. The lowest BCUT2D eigenvalue weighted by molar-refractivity contribution is -0.441. The average Bonchev–Trinajstić information content (AvgIpc) is 2.77. The molecule has 0 aromatic heterocycles. The molecule has 2 rings (SSSR count). The van der Waals surface area contributed by atoms with Crippen molar-refractivity contribution in [1.82, 2.24) is 0 Å². The molecular formula is C20H14F13N3. The smallest absolute Gasteiger partial charge is 0.378 e. The molecule has 0 saturated carbocycles. The minimum Gasteiger partial charge on any atom is -0.378 e. The van der Waals surface area contributed by atoms with E-state index in [2.05, 4.69) is 10.2 Å². The molecule has 0 fully saturated rings. The SMILES string of the molecule is CN(C)c1ccc(N=Nc2ccc(C(F)(F)C(F)(F)C(F)(F)C(F)(F)C(F)(F)C(F)(F)F)cc2)cc1. The van der Waals surface area contributed by atoms with Gasteiger partial charge in [0.25, 0.3) is 0 Å². The first-order valence-electron chi connectivity index (χ1n) is 9.36. The summed E-state index contributed by atoms with van der Waals surface area (Å²) in [5, 5.41) is 7.27. The molecule has 0 heterocycles. The molecule has 0 radical (unpaired) electrons. The Kier molecular flexibility index (Phi) is 7.37. The molecule has 0 atom stereocenters. The van der Waals surface area contributed by atoms with E-state index in [1.165, 1.54) is 12.1 Å². The van der Waals surface area contributed by atoms with Gasteiger partial charge in [-0.25, -0.2) is 0 Å². The summed E-state index contributed by atoms with van der Waals surface area (Å²) in [6.45, 7) is 0. The predicted molar refractivity (Wildman–Crippen MR) is 101 cm³/mol. The van der Waals surface area contributed by atoms with Crippen LogP contribution in [0.5, 0.6) is 0 Å². The normalized spacial score (nSPS) is 14.4. The Hall–Kier alpha value is -3.07. The largest absolute Gasteiger partial charge is 0.460 e. The molecule has 2 aromatic carbocycles. The Morgan fingerprint density at radius 1 is 0.500 bits per heavy atom. The molecule has 36 heavy (non-hydrogen) atoms. The number of halogens is 13. The van der Waals surface area contributed by atoms with Crippen molar-refractivity contribution in [1.29, 1.82) is 0 Å². The van der Waals surface area contributed by atoms with E-state index in [0.717, 1.165) is 5.69 Å². The molecule has 0 aliphatic carbocycles. The minimum atomic E-state index is -7.94. The van der Waals surface area contributed by atoms with Gasteiger partial charge < -0.3 is 4.90 Å². The topological polar surface area (TPSA) is 28.0 Å². The molecule has 2 aromatic rings. The van der Waals surface area contributed by atoms with Gasteiger partial charge in [0.05, 0.1) is 11.4 Å². The van der Waals surface area contributed by atoms with Gasteiger partial charge in [-0.15, -0.1) is 0 Å². The van der Waals surface area contributed by atoms with Crippen molar-refractivity contribution >= 4 is 17.1 Å². The summed E-state index contributed by atoms with van der Waals surface area (Å²) in [4.78, 5) is 1.75. The third-order valence-corrected chi connectivity index (χ3v) is 4.81. The summed E-state index contributed by atoms with van der Waals surface area (Å²) in [6, 6.07) is 7.31. The number of hydrogen-bond donors (Lipinski definition) is 0. The quantitative estimate of drug-likeness (QED) is 0.243. The highest BCUT2D eigenvalue weighted by Gasteiger charge is 2.90. The molecule has 0 unspecified atom stereocenters. The molecule has 200 valence electrons. The van der Waals surface area contributed by atoms with Crippen LogP contribution >= 0.6 is 0 Å². The fourth-order valence-electron chi connectivity index (χ4n) is 2.62. The second kappa shape index (κ2) is 9.10. The lowest BCUT2D eigenvalue weighted by atomic mass is 9.90. The summed E-state index contributed by atoms with van der Waals surface area (Å²) in [7, 11) is 3.49. The molecule has 0 N–H and O–H groups in total. The summed E-state index contributed by atoms with van der Waals surface area (Å²) >= 11 is 0. The van der Waals surface area contributed by atoms with Crippen LogP contribution in [0.2, 0.25) is 0 Å². The number of rotatable bonds is 8. The maximum atomic E-state index is 14.2. The van der Waals surface area contributed by atoms with Gasteiger partial charge in [-0.1, -0.05) is 12.1 Å². The van der Waals surface area contributed by atoms with E-state index in [9.17, 15) is 57.1 Å². The highest BCUT2D eigenvalue weighted by molar-refractivity contribution is 5.52. The van der Waals surface area contributed by atoms with Crippen LogP contribution in [0.15, 0.2) is 58.8 Å². The van der Waals surface area contributed by atoms with Gasteiger partial charge in [0.2, 0.25) is 0 Å². The second-order valence-electron chi connectivity index (χ2n) is 7.53. The lowest BCUT2D eigenvalue weighted by Crippen LogP contribution is -2.69. The second-order valence-corrected chi connectivity index (χ2v) is 7.53. The van der Waals surface area contributed by atoms with Gasteiger partial charge in [-0.3, -0.25) is 0 Å². The lowest BCUT2D eigenvalue weighted by Gasteiger charge is -2.39. The average molecular weight is 543 g/mol. The molecule has 0 aliphatic heterocycles. The monoisotopic (exact) mass is 543 g/mol. The van der Waals surface area contributed by atoms with Crippen LogP contribution in [0.4, 0.5) is 74.1 Å². The van der Waals surface area contributed by atoms with Crippen LogP contribution in [0.1, 0.15) is 5.56 Å². The first-order valence-corrected chi connectivity index (χ1v) is 9.36. The summed E-state index contributed by atoms with van der Waals surface area (Å²) in [5.41, 5.74) is -1.38. The molecular weight excluding hydrogens is 529 g/mol. The van der Waals surface area contributed by atoms with E-state index >= 15 is 0 Å². The Morgan fingerprint density at radius 3 is 1.22 bits per heavy atom. The van der Waals surface area contributed by atoms with E-state index in [1.807, 2.05) is 0 Å². The Labute approximate surface area is 194 Å². The van der Waals surface area contributed by atoms with Crippen molar-refractivity contribution in [3.63, 3.8) is 0 Å². The highest BCUT2D eigenvalue weighted by atomic mass is 19.4. The van der Waals surface area contributed by atoms with Gasteiger partial charge in [-0.05, 0) is 36.4 Å².